The maximum atomic E-state index is 5.51. The van der Waals surface area contributed by atoms with Crippen molar-refractivity contribution in [3.05, 3.63) is 96.1 Å². The molecule has 0 unspecified atom stereocenters. The third kappa shape index (κ3) is 3.74. The molecule has 5 rings (SSSR count). The van der Waals surface area contributed by atoms with Crippen LogP contribution in [0.25, 0.3) is 22.3 Å². The molecule has 3 heterocycles. The lowest BCUT2D eigenvalue weighted by Gasteiger charge is -2.10. The minimum Gasteiger partial charge on any atom is -0.469 e. The van der Waals surface area contributed by atoms with Crippen molar-refractivity contribution >= 4 is 22.7 Å². The largest absolute Gasteiger partial charge is 0.469 e. The molecule has 2 aromatic carbocycles. The Bertz CT molecular complexity index is 1290. The van der Waals surface area contributed by atoms with Gasteiger partial charge in [-0.1, -0.05) is 66.4 Å². The molecule has 30 heavy (non-hydrogen) atoms. The molecule has 148 valence electrons. The quantitative estimate of drug-likeness (QED) is 0.333. The first-order valence-corrected chi connectivity index (χ1v) is 10.8. The molecule has 0 aliphatic heterocycles. The van der Waals surface area contributed by atoms with Crippen LogP contribution in [0.1, 0.15) is 17.0 Å². The van der Waals surface area contributed by atoms with Crippen LogP contribution in [0, 0.1) is 6.92 Å². The van der Waals surface area contributed by atoms with Gasteiger partial charge in [0.15, 0.2) is 11.0 Å². The molecule has 0 saturated carbocycles. The van der Waals surface area contributed by atoms with Crippen molar-refractivity contribution in [1.29, 1.82) is 0 Å². The highest BCUT2D eigenvalue weighted by atomic mass is 32.2. The smallest absolute Gasteiger partial charge is 0.192 e. The maximum absolute atomic E-state index is 5.51. The van der Waals surface area contributed by atoms with Crippen molar-refractivity contribution < 1.29 is 4.42 Å². The Hall–Kier alpha value is -3.38. The fourth-order valence-corrected chi connectivity index (χ4v) is 4.29. The fraction of sp³-hybridized carbons (Fsp3) is 0.125. The Morgan fingerprint density at radius 2 is 1.73 bits per heavy atom. The van der Waals surface area contributed by atoms with E-state index in [0.717, 1.165) is 44.7 Å². The van der Waals surface area contributed by atoms with E-state index in [1.54, 1.807) is 18.0 Å². The van der Waals surface area contributed by atoms with Crippen LogP contribution in [0.15, 0.2) is 88.6 Å². The van der Waals surface area contributed by atoms with E-state index in [-0.39, 0.29) is 0 Å². The lowest BCUT2D eigenvalue weighted by atomic mass is 10.2. The van der Waals surface area contributed by atoms with Crippen molar-refractivity contribution in [3.8, 4) is 11.4 Å². The second-order valence-electron chi connectivity index (χ2n) is 7.05. The number of nitrogens with zero attached hydrogens (tertiary/aromatic N) is 4. The van der Waals surface area contributed by atoms with Crippen molar-refractivity contribution in [2.45, 2.75) is 24.4 Å². The third-order valence-electron chi connectivity index (χ3n) is 5.01. The Balaban J connectivity index is 1.46. The number of hydrogen-bond acceptors (Lipinski definition) is 5. The van der Waals surface area contributed by atoms with Gasteiger partial charge in [0.25, 0.3) is 0 Å². The lowest BCUT2D eigenvalue weighted by Crippen LogP contribution is -2.04. The molecule has 0 spiro atoms. The Kier molecular flexibility index (Phi) is 5.07. The highest BCUT2D eigenvalue weighted by Gasteiger charge is 2.18. The molecule has 0 atom stereocenters. The van der Waals surface area contributed by atoms with Crippen LogP contribution in [-0.2, 0) is 12.3 Å². The number of thioether (sulfide) groups is 1. The summed E-state index contributed by atoms with van der Waals surface area (Å²) in [6, 6.07) is 24.7. The molecule has 0 N–H and O–H groups in total. The Morgan fingerprint density at radius 3 is 2.57 bits per heavy atom. The van der Waals surface area contributed by atoms with Gasteiger partial charge in [-0.3, -0.25) is 9.55 Å². The van der Waals surface area contributed by atoms with E-state index in [0.29, 0.717) is 6.54 Å². The molecule has 0 bridgehead atoms. The molecule has 6 heteroatoms. The van der Waals surface area contributed by atoms with Crippen LogP contribution in [-0.4, -0.2) is 19.7 Å². The predicted molar refractivity (Wildman–Crippen MR) is 119 cm³/mol. The molecule has 5 nitrogen and oxygen atoms in total. The van der Waals surface area contributed by atoms with E-state index < -0.39 is 0 Å². The van der Waals surface area contributed by atoms with Crippen molar-refractivity contribution in [1.82, 2.24) is 19.7 Å². The van der Waals surface area contributed by atoms with Gasteiger partial charge in [-0.15, -0.1) is 10.2 Å². The van der Waals surface area contributed by atoms with Gasteiger partial charge in [0.05, 0.1) is 29.6 Å². The second kappa shape index (κ2) is 8.16. The van der Waals surface area contributed by atoms with Crippen LogP contribution in [0.2, 0.25) is 0 Å². The first kappa shape index (κ1) is 18.6. The summed E-state index contributed by atoms with van der Waals surface area (Å²) < 4.78 is 7.66. The summed E-state index contributed by atoms with van der Waals surface area (Å²) in [5, 5.41) is 11.0. The summed E-state index contributed by atoms with van der Waals surface area (Å²) in [5.74, 6) is 2.38. The maximum Gasteiger partial charge on any atom is 0.192 e. The molecule has 0 amide bonds. The van der Waals surface area contributed by atoms with Crippen LogP contribution in [0.3, 0.4) is 0 Å². The van der Waals surface area contributed by atoms with Gasteiger partial charge in [0.2, 0.25) is 0 Å². The number of para-hydroxylation sites is 1. The van der Waals surface area contributed by atoms with E-state index >= 15 is 0 Å². The molecular formula is C24H20N4OS. The van der Waals surface area contributed by atoms with E-state index in [9.17, 15) is 0 Å². The molecule has 3 aromatic heterocycles. The summed E-state index contributed by atoms with van der Waals surface area (Å²) >= 11 is 1.65. The summed E-state index contributed by atoms with van der Waals surface area (Å²) in [7, 11) is 0. The van der Waals surface area contributed by atoms with Crippen molar-refractivity contribution in [3.63, 3.8) is 0 Å². The standard InChI is InChI=1S/C24H20N4OS/c1-17-21(13-14-29-17)23-26-27-24(28(23)15-18-7-3-2-4-8-18)30-16-20-12-11-19-9-5-6-10-22(19)25-20/h2-14H,15-16H2,1H3. The molecule has 5 aromatic rings. The molecular weight excluding hydrogens is 392 g/mol. The zero-order valence-corrected chi connectivity index (χ0v) is 17.3. The zero-order valence-electron chi connectivity index (χ0n) is 16.5. The number of rotatable bonds is 6. The van der Waals surface area contributed by atoms with Crippen LogP contribution in [0.4, 0.5) is 0 Å². The lowest BCUT2D eigenvalue weighted by molar-refractivity contribution is 0.534. The topological polar surface area (TPSA) is 56.7 Å². The zero-order chi connectivity index (χ0) is 20.3. The number of fused-ring (bicyclic) bond motifs is 1. The van der Waals surface area contributed by atoms with E-state index in [1.165, 1.54) is 5.56 Å². The van der Waals surface area contributed by atoms with E-state index in [1.807, 2.05) is 49.4 Å². The number of furan rings is 1. The van der Waals surface area contributed by atoms with E-state index in [4.69, 9.17) is 9.40 Å². The fourth-order valence-electron chi connectivity index (χ4n) is 3.45. The molecule has 0 fully saturated rings. The van der Waals surface area contributed by atoms with Crippen molar-refractivity contribution in [2.24, 2.45) is 0 Å². The number of pyridine rings is 1. The van der Waals surface area contributed by atoms with Gasteiger partial charge in [0.1, 0.15) is 5.76 Å². The van der Waals surface area contributed by atoms with Crippen LogP contribution >= 0.6 is 11.8 Å². The molecule has 0 aliphatic carbocycles. The number of aryl methyl sites for hydroxylation is 1. The SMILES string of the molecule is Cc1occc1-c1nnc(SCc2ccc3ccccc3n2)n1Cc1ccccc1. The average molecular weight is 413 g/mol. The average Bonchev–Trinajstić information content (AvgIpc) is 3.38. The Labute approximate surface area is 178 Å². The predicted octanol–water partition coefficient (Wildman–Crippen LogP) is 5.74. The normalized spacial score (nSPS) is 11.2. The summed E-state index contributed by atoms with van der Waals surface area (Å²) in [4.78, 5) is 4.78. The van der Waals surface area contributed by atoms with Gasteiger partial charge in [-0.05, 0) is 30.7 Å². The summed E-state index contributed by atoms with van der Waals surface area (Å²) in [6.07, 6.45) is 1.69. The van der Waals surface area contributed by atoms with Gasteiger partial charge < -0.3 is 4.42 Å². The van der Waals surface area contributed by atoms with Crippen LogP contribution in [0.5, 0.6) is 0 Å². The van der Waals surface area contributed by atoms with Crippen LogP contribution < -0.4 is 0 Å². The van der Waals surface area contributed by atoms with Gasteiger partial charge in [0, 0.05) is 11.1 Å². The third-order valence-corrected chi connectivity index (χ3v) is 6.01. The second-order valence-corrected chi connectivity index (χ2v) is 7.99. The minimum absolute atomic E-state index is 0.696. The highest BCUT2D eigenvalue weighted by Crippen LogP contribution is 2.29. The van der Waals surface area contributed by atoms with E-state index in [2.05, 4.69) is 45.1 Å². The monoisotopic (exact) mass is 412 g/mol. The highest BCUT2D eigenvalue weighted by molar-refractivity contribution is 7.98. The summed E-state index contributed by atoms with van der Waals surface area (Å²) in [6.45, 7) is 2.64. The van der Waals surface area contributed by atoms with Gasteiger partial charge in [-0.2, -0.15) is 0 Å². The number of aromatic nitrogens is 4. The Morgan fingerprint density at radius 1 is 0.900 bits per heavy atom. The number of hydrogen-bond donors (Lipinski definition) is 0. The minimum atomic E-state index is 0.696. The first-order valence-electron chi connectivity index (χ1n) is 9.77. The molecule has 0 radical (unpaired) electrons. The number of benzene rings is 2. The molecule has 0 saturated heterocycles. The first-order chi connectivity index (χ1) is 14.8. The van der Waals surface area contributed by atoms with Gasteiger partial charge >= 0.3 is 0 Å². The summed E-state index contributed by atoms with van der Waals surface area (Å²) in [5.41, 5.74) is 4.20. The van der Waals surface area contributed by atoms with Gasteiger partial charge in [-0.25, -0.2) is 0 Å². The van der Waals surface area contributed by atoms with Crippen molar-refractivity contribution in [2.75, 3.05) is 0 Å². The molecule has 0 aliphatic rings.